The van der Waals surface area contributed by atoms with Gasteiger partial charge in [0.25, 0.3) is 0 Å². The van der Waals surface area contributed by atoms with Crippen molar-refractivity contribution in [1.29, 1.82) is 0 Å². The number of carbonyl (C=O) groups is 1. The number of fused-ring (bicyclic) bond motifs is 1. The molecule has 0 saturated heterocycles. The zero-order valence-electron chi connectivity index (χ0n) is 11.9. The molecule has 0 aliphatic carbocycles. The van der Waals surface area contributed by atoms with E-state index in [1.807, 2.05) is 18.2 Å². The Morgan fingerprint density at radius 2 is 2.29 bits per heavy atom. The van der Waals surface area contributed by atoms with Crippen molar-refractivity contribution in [2.45, 2.75) is 18.7 Å². The largest absolute Gasteiger partial charge is 0.493 e. The third-order valence-electron chi connectivity index (χ3n) is 2.71. The highest BCUT2D eigenvalue weighted by Crippen LogP contribution is 2.29. The molecule has 1 atom stereocenters. The number of thiazole rings is 1. The second-order valence-corrected chi connectivity index (χ2v) is 6.13. The average Bonchev–Trinajstić information content (AvgIpc) is 2.84. The SMILES string of the molecule is COCCCOc1ccc2nc(NC(=O)[C@H](C)Cl)sc2c1. The first-order valence-corrected chi connectivity index (χ1v) is 7.82. The Hall–Kier alpha value is -1.37. The number of methoxy groups -OCH3 is 1. The van der Waals surface area contributed by atoms with Crippen molar-refractivity contribution in [2.24, 2.45) is 0 Å². The van der Waals surface area contributed by atoms with Gasteiger partial charge in [-0.15, -0.1) is 11.6 Å². The smallest absolute Gasteiger partial charge is 0.243 e. The van der Waals surface area contributed by atoms with Crippen LogP contribution in [-0.2, 0) is 9.53 Å². The molecule has 0 saturated carbocycles. The Bertz CT molecular complexity index is 615. The highest BCUT2D eigenvalue weighted by molar-refractivity contribution is 7.22. The molecule has 0 bridgehead atoms. The Morgan fingerprint density at radius 3 is 3.00 bits per heavy atom. The monoisotopic (exact) mass is 328 g/mol. The summed E-state index contributed by atoms with van der Waals surface area (Å²) in [7, 11) is 1.67. The van der Waals surface area contributed by atoms with E-state index in [0.29, 0.717) is 18.3 Å². The van der Waals surface area contributed by atoms with Gasteiger partial charge in [-0.1, -0.05) is 11.3 Å². The summed E-state index contributed by atoms with van der Waals surface area (Å²) in [6.07, 6.45) is 0.839. The predicted molar refractivity (Wildman–Crippen MR) is 85.6 cm³/mol. The highest BCUT2D eigenvalue weighted by atomic mass is 35.5. The summed E-state index contributed by atoms with van der Waals surface area (Å²) >= 11 is 7.11. The van der Waals surface area contributed by atoms with Gasteiger partial charge in [0.05, 0.1) is 16.8 Å². The van der Waals surface area contributed by atoms with Crippen molar-refractivity contribution in [3.05, 3.63) is 18.2 Å². The Morgan fingerprint density at radius 1 is 1.48 bits per heavy atom. The van der Waals surface area contributed by atoms with Crippen molar-refractivity contribution < 1.29 is 14.3 Å². The van der Waals surface area contributed by atoms with Crippen molar-refractivity contribution in [3.8, 4) is 5.75 Å². The fourth-order valence-corrected chi connectivity index (χ4v) is 2.60. The number of aromatic nitrogens is 1. The van der Waals surface area contributed by atoms with Crippen LogP contribution in [0, 0.1) is 0 Å². The van der Waals surface area contributed by atoms with Crippen LogP contribution >= 0.6 is 22.9 Å². The summed E-state index contributed by atoms with van der Waals surface area (Å²) in [4.78, 5) is 15.9. The maximum atomic E-state index is 11.5. The Labute approximate surface area is 132 Å². The lowest BCUT2D eigenvalue weighted by molar-refractivity contribution is -0.115. The molecule has 1 heterocycles. The van der Waals surface area contributed by atoms with Gasteiger partial charge in [0.2, 0.25) is 5.91 Å². The van der Waals surface area contributed by atoms with Gasteiger partial charge >= 0.3 is 0 Å². The summed E-state index contributed by atoms with van der Waals surface area (Å²) in [6.45, 7) is 2.90. The molecule has 0 aliphatic heterocycles. The molecule has 0 fully saturated rings. The number of nitrogens with one attached hydrogen (secondary N) is 1. The number of halogens is 1. The molecule has 7 heteroatoms. The molecule has 2 aromatic rings. The molecule has 2 rings (SSSR count). The summed E-state index contributed by atoms with van der Waals surface area (Å²) in [5.41, 5.74) is 0.821. The number of hydrogen-bond donors (Lipinski definition) is 1. The summed E-state index contributed by atoms with van der Waals surface area (Å²) < 4.78 is 11.6. The van der Waals surface area contributed by atoms with Gasteiger partial charge in [0.1, 0.15) is 11.1 Å². The molecule has 5 nitrogen and oxygen atoms in total. The molecule has 114 valence electrons. The molecule has 1 aromatic heterocycles. The fraction of sp³-hybridized carbons (Fsp3) is 0.429. The molecule has 0 radical (unpaired) electrons. The molecular weight excluding hydrogens is 312 g/mol. The zero-order valence-corrected chi connectivity index (χ0v) is 13.5. The normalized spacial score (nSPS) is 12.3. The van der Waals surface area contributed by atoms with Crippen LogP contribution in [0.2, 0.25) is 0 Å². The standard InChI is InChI=1S/C14H17ClN2O3S/c1-9(15)13(18)17-14-16-11-5-4-10(8-12(11)21-14)20-7-3-6-19-2/h4-5,8-9H,3,6-7H2,1-2H3,(H,16,17,18)/t9-/m0/s1. The summed E-state index contributed by atoms with van der Waals surface area (Å²) in [5, 5.41) is 2.64. The third-order valence-corrected chi connectivity index (χ3v) is 3.84. The minimum Gasteiger partial charge on any atom is -0.493 e. The first kappa shape index (κ1) is 16.0. The van der Waals surface area contributed by atoms with Gasteiger partial charge in [-0.2, -0.15) is 0 Å². The number of amides is 1. The van der Waals surface area contributed by atoms with Crippen molar-refractivity contribution in [3.63, 3.8) is 0 Å². The average molecular weight is 329 g/mol. The lowest BCUT2D eigenvalue weighted by Gasteiger charge is -2.05. The second kappa shape index (κ2) is 7.59. The van der Waals surface area contributed by atoms with Crippen LogP contribution in [0.15, 0.2) is 18.2 Å². The molecule has 0 aliphatic rings. The van der Waals surface area contributed by atoms with E-state index in [4.69, 9.17) is 21.1 Å². The Kier molecular flexibility index (Phi) is 5.78. The fourth-order valence-electron chi connectivity index (χ4n) is 1.65. The molecule has 0 spiro atoms. The van der Waals surface area contributed by atoms with E-state index in [1.165, 1.54) is 11.3 Å². The topological polar surface area (TPSA) is 60.5 Å². The molecule has 1 N–H and O–H groups in total. The number of hydrogen-bond acceptors (Lipinski definition) is 5. The van der Waals surface area contributed by atoms with Crippen molar-refractivity contribution in [2.75, 3.05) is 25.6 Å². The second-order valence-electron chi connectivity index (χ2n) is 4.45. The van der Waals surface area contributed by atoms with E-state index in [-0.39, 0.29) is 5.91 Å². The molecule has 1 aromatic carbocycles. The van der Waals surface area contributed by atoms with Gasteiger partial charge in [0.15, 0.2) is 5.13 Å². The number of rotatable bonds is 7. The quantitative estimate of drug-likeness (QED) is 0.626. The number of ether oxygens (including phenoxy) is 2. The molecule has 0 unspecified atom stereocenters. The van der Waals surface area contributed by atoms with Gasteiger partial charge in [-0.25, -0.2) is 4.98 Å². The van der Waals surface area contributed by atoms with Gasteiger partial charge < -0.3 is 14.8 Å². The van der Waals surface area contributed by atoms with Crippen LogP contribution in [0.4, 0.5) is 5.13 Å². The van der Waals surface area contributed by atoms with E-state index in [9.17, 15) is 4.79 Å². The number of benzene rings is 1. The number of nitrogens with zero attached hydrogens (tertiary/aromatic N) is 1. The molecular formula is C14H17ClN2O3S. The van der Waals surface area contributed by atoms with Crippen LogP contribution in [0.1, 0.15) is 13.3 Å². The summed E-state index contributed by atoms with van der Waals surface area (Å²) in [6, 6.07) is 5.65. The maximum absolute atomic E-state index is 11.5. The number of carbonyl (C=O) groups excluding carboxylic acids is 1. The molecule has 1 amide bonds. The minimum atomic E-state index is -0.586. The highest BCUT2D eigenvalue weighted by Gasteiger charge is 2.12. The van der Waals surface area contributed by atoms with Gasteiger partial charge in [0, 0.05) is 20.1 Å². The summed E-state index contributed by atoms with van der Waals surface area (Å²) in [5.74, 6) is 0.526. The first-order valence-electron chi connectivity index (χ1n) is 6.57. The van der Waals surface area contributed by atoms with E-state index in [2.05, 4.69) is 10.3 Å². The van der Waals surface area contributed by atoms with Crippen molar-refractivity contribution >= 4 is 44.2 Å². The van der Waals surface area contributed by atoms with E-state index in [0.717, 1.165) is 22.4 Å². The van der Waals surface area contributed by atoms with Crippen LogP contribution in [0.5, 0.6) is 5.75 Å². The maximum Gasteiger partial charge on any atom is 0.243 e. The number of alkyl halides is 1. The number of anilines is 1. The van der Waals surface area contributed by atoms with Crippen LogP contribution in [0.3, 0.4) is 0 Å². The van der Waals surface area contributed by atoms with Crippen LogP contribution in [0.25, 0.3) is 10.2 Å². The minimum absolute atomic E-state index is 0.258. The van der Waals surface area contributed by atoms with Crippen LogP contribution in [-0.4, -0.2) is 36.6 Å². The molecule has 21 heavy (non-hydrogen) atoms. The van der Waals surface area contributed by atoms with Crippen molar-refractivity contribution in [1.82, 2.24) is 4.98 Å². The van der Waals surface area contributed by atoms with E-state index < -0.39 is 5.38 Å². The predicted octanol–water partition coefficient (Wildman–Crippen LogP) is 3.28. The Balaban J connectivity index is 2.04. The van der Waals surface area contributed by atoms with Gasteiger partial charge in [-0.3, -0.25) is 4.79 Å². The zero-order chi connectivity index (χ0) is 15.2. The first-order chi connectivity index (χ1) is 10.1. The lowest BCUT2D eigenvalue weighted by Crippen LogP contribution is -2.19. The lowest BCUT2D eigenvalue weighted by atomic mass is 10.3. The van der Waals surface area contributed by atoms with E-state index >= 15 is 0 Å². The van der Waals surface area contributed by atoms with Gasteiger partial charge in [-0.05, 0) is 25.1 Å². The van der Waals surface area contributed by atoms with Crippen LogP contribution < -0.4 is 10.1 Å². The third kappa shape index (κ3) is 4.56. The van der Waals surface area contributed by atoms with E-state index in [1.54, 1.807) is 14.0 Å².